The first kappa shape index (κ1) is 19.2. The van der Waals surface area contributed by atoms with Gasteiger partial charge < -0.3 is 21.1 Å². The van der Waals surface area contributed by atoms with Crippen LogP contribution in [0.2, 0.25) is 0 Å². The van der Waals surface area contributed by atoms with E-state index in [1.807, 2.05) is 6.07 Å². The summed E-state index contributed by atoms with van der Waals surface area (Å²) in [5.74, 6) is 0.448. The van der Waals surface area contributed by atoms with Gasteiger partial charge in [0, 0.05) is 11.8 Å². The number of amides is 2. The monoisotopic (exact) mass is 315 g/mol. The lowest BCUT2D eigenvalue weighted by atomic mass is 10.2. The molecule has 0 radical (unpaired) electrons. The van der Waals surface area contributed by atoms with Crippen LogP contribution in [0.3, 0.4) is 0 Å². The Balaban J connectivity index is 0.00000400. The Morgan fingerprint density at radius 1 is 1.29 bits per heavy atom. The summed E-state index contributed by atoms with van der Waals surface area (Å²) in [6, 6.07) is 7.12. The zero-order chi connectivity index (χ0) is 15.0. The lowest BCUT2D eigenvalue weighted by Gasteiger charge is -2.11. The summed E-state index contributed by atoms with van der Waals surface area (Å²) in [5.41, 5.74) is 5.75. The van der Waals surface area contributed by atoms with Crippen LogP contribution in [0, 0.1) is 5.92 Å². The van der Waals surface area contributed by atoms with Crippen molar-refractivity contribution in [1.82, 2.24) is 5.32 Å². The number of hydrogen-bond acceptors (Lipinski definition) is 4. The maximum Gasteiger partial charge on any atom is 0.243 e. The number of nitrogens with two attached hydrogens (primary N) is 1. The summed E-state index contributed by atoms with van der Waals surface area (Å²) >= 11 is 0. The van der Waals surface area contributed by atoms with Gasteiger partial charge in [-0.25, -0.2) is 0 Å². The Labute approximate surface area is 130 Å². The summed E-state index contributed by atoms with van der Waals surface area (Å²) < 4.78 is 5.57. The lowest BCUT2D eigenvalue weighted by molar-refractivity contribution is -0.123. The average Bonchev–Trinajstić information content (AvgIpc) is 2.43. The first-order chi connectivity index (χ1) is 9.51. The van der Waals surface area contributed by atoms with E-state index in [4.69, 9.17) is 10.5 Å². The first-order valence-electron chi connectivity index (χ1n) is 6.50. The molecule has 1 aromatic carbocycles. The molecule has 0 saturated carbocycles. The van der Waals surface area contributed by atoms with Gasteiger partial charge in [-0.3, -0.25) is 9.59 Å². The van der Waals surface area contributed by atoms with E-state index in [0.29, 0.717) is 24.0 Å². The van der Waals surface area contributed by atoms with Crippen LogP contribution in [0.5, 0.6) is 5.75 Å². The van der Waals surface area contributed by atoms with Crippen molar-refractivity contribution in [1.29, 1.82) is 0 Å². The average molecular weight is 316 g/mol. The van der Waals surface area contributed by atoms with E-state index >= 15 is 0 Å². The van der Waals surface area contributed by atoms with Gasteiger partial charge in [0.1, 0.15) is 5.75 Å². The standard InChI is InChI=1S/C14H21N3O3.ClH/c1-10(2)9-20-12-5-3-4-11(6-12)17-14(19)8-16-13(18)7-15;/h3-6,10H,7-9,15H2,1-2H3,(H,16,18)(H,17,19);1H. The van der Waals surface area contributed by atoms with Crippen molar-refractivity contribution in [2.45, 2.75) is 13.8 Å². The number of benzene rings is 1. The van der Waals surface area contributed by atoms with Gasteiger partial charge in [0.05, 0.1) is 19.7 Å². The molecule has 1 aromatic rings. The molecule has 0 saturated heterocycles. The van der Waals surface area contributed by atoms with E-state index in [0.717, 1.165) is 0 Å². The molecule has 1 rings (SSSR count). The molecular weight excluding hydrogens is 294 g/mol. The number of carbonyl (C=O) groups is 2. The van der Waals surface area contributed by atoms with Crippen molar-refractivity contribution in [3.8, 4) is 5.75 Å². The molecule has 0 fully saturated rings. The van der Waals surface area contributed by atoms with Crippen LogP contribution in [-0.2, 0) is 9.59 Å². The van der Waals surface area contributed by atoms with Gasteiger partial charge in [-0.15, -0.1) is 12.4 Å². The Hall–Kier alpha value is -1.79. The maximum absolute atomic E-state index is 11.6. The molecule has 2 amide bonds. The molecule has 7 heteroatoms. The van der Waals surface area contributed by atoms with Crippen LogP contribution < -0.4 is 21.1 Å². The molecule has 0 unspecified atom stereocenters. The molecule has 0 aliphatic heterocycles. The molecule has 0 atom stereocenters. The fraction of sp³-hybridized carbons (Fsp3) is 0.429. The molecule has 0 aliphatic rings. The van der Waals surface area contributed by atoms with Crippen LogP contribution in [0.25, 0.3) is 0 Å². The smallest absolute Gasteiger partial charge is 0.243 e. The van der Waals surface area contributed by atoms with E-state index in [1.165, 1.54) is 0 Å². The second-order valence-corrected chi connectivity index (χ2v) is 4.76. The third-order valence-electron chi connectivity index (χ3n) is 2.33. The molecule has 0 spiro atoms. The van der Waals surface area contributed by atoms with Gasteiger partial charge in [-0.1, -0.05) is 19.9 Å². The lowest BCUT2D eigenvalue weighted by Crippen LogP contribution is -2.36. The highest BCUT2D eigenvalue weighted by molar-refractivity contribution is 5.94. The SMILES string of the molecule is CC(C)COc1cccc(NC(=O)CNC(=O)CN)c1.Cl. The normalized spacial score (nSPS) is 9.71. The summed E-state index contributed by atoms with van der Waals surface area (Å²) in [4.78, 5) is 22.5. The Bertz CT molecular complexity index is 467. The number of ether oxygens (including phenoxy) is 1. The fourth-order valence-electron chi connectivity index (χ4n) is 1.38. The predicted molar refractivity (Wildman–Crippen MR) is 84.7 cm³/mol. The van der Waals surface area contributed by atoms with Crippen LogP contribution in [0.15, 0.2) is 24.3 Å². The van der Waals surface area contributed by atoms with Gasteiger partial charge in [0.25, 0.3) is 0 Å². The van der Waals surface area contributed by atoms with E-state index in [9.17, 15) is 9.59 Å². The maximum atomic E-state index is 11.6. The van der Waals surface area contributed by atoms with Gasteiger partial charge in [0.2, 0.25) is 11.8 Å². The molecule has 4 N–H and O–H groups in total. The highest BCUT2D eigenvalue weighted by atomic mass is 35.5. The second kappa shape index (κ2) is 10.0. The largest absolute Gasteiger partial charge is 0.493 e. The van der Waals surface area contributed by atoms with Gasteiger partial charge in [-0.2, -0.15) is 0 Å². The van der Waals surface area contributed by atoms with E-state index in [1.54, 1.807) is 18.2 Å². The molecule has 6 nitrogen and oxygen atoms in total. The van der Waals surface area contributed by atoms with Crippen LogP contribution >= 0.6 is 12.4 Å². The minimum absolute atomic E-state index is 0. The highest BCUT2D eigenvalue weighted by Gasteiger charge is 2.05. The van der Waals surface area contributed by atoms with Crippen molar-refractivity contribution in [3.05, 3.63) is 24.3 Å². The van der Waals surface area contributed by atoms with Crippen molar-refractivity contribution >= 4 is 29.9 Å². The van der Waals surface area contributed by atoms with E-state index in [-0.39, 0.29) is 37.3 Å². The quantitative estimate of drug-likeness (QED) is 0.704. The zero-order valence-electron chi connectivity index (χ0n) is 12.2. The molecule has 0 aromatic heterocycles. The van der Waals surface area contributed by atoms with Crippen LogP contribution in [0.1, 0.15) is 13.8 Å². The first-order valence-corrected chi connectivity index (χ1v) is 6.50. The number of rotatable bonds is 7. The number of halogens is 1. The van der Waals surface area contributed by atoms with Crippen molar-refractivity contribution in [2.24, 2.45) is 11.7 Å². The molecule has 118 valence electrons. The summed E-state index contributed by atoms with van der Waals surface area (Å²) in [7, 11) is 0. The Morgan fingerprint density at radius 2 is 2.00 bits per heavy atom. The number of nitrogens with one attached hydrogen (secondary N) is 2. The highest BCUT2D eigenvalue weighted by Crippen LogP contribution is 2.17. The molecule has 0 aliphatic carbocycles. The van der Waals surface area contributed by atoms with Gasteiger partial charge >= 0.3 is 0 Å². The minimum Gasteiger partial charge on any atom is -0.493 e. The zero-order valence-corrected chi connectivity index (χ0v) is 13.0. The number of carbonyl (C=O) groups excluding carboxylic acids is 2. The number of hydrogen-bond donors (Lipinski definition) is 3. The summed E-state index contributed by atoms with van der Waals surface area (Å²) in [6.45, 7) is 4.50. The predicted octanol–water partition coefficient (Wildman–Crippen LogP) is 1.16. The van der Waals surface area contributed by atoms with Crippen LogP contribution in [-0.4, -0.2) is 31.5 Å². The topological polar surface area (TPSA) is 93.5 Å². The Kier molecular flexibility index (Phi) is 9.16. The molecular formula is C14H22ClN3O3. The number of anilines is 1. The molecule has 0 heterocycles. The van der Waals surface area contributed by atoms with Gasteiger partial charge in [-0.05, 0) is 18.1 Å². The van der Waals surface area contributed by atoms with Crippen molar-refractivity contribution in [2.75, 3.05) is 25.0 Å². The summed E-state index contributed by atoms with van der Waals surface area (Å²) in [5, 5.41) is 5.07. The molecule has 0 bridgehead atoms. The van der Waals surface area contributed by atoms with E-state index < -0.39 is 0 Å². The third-order valence-corrected chi connectivity index (χ3v) is 2.33. The third kappa shape index (κ3) is 8.16. The minimum atomic E-state index is -0.367. The van der Waals surface area contributed by atoms with Crippen molar-refractivity contribution in [3.63, 3.8) is 0 Å². The summed E-state index contributed by atoms with van der Waals surface area (Å²) in [6.07, 6.45) is 0. The van der Waals surface area contributed by atoms with Crippen molar-refractivity contribution < 1.29 is 14.3 Å². The fourth-order valence-corrected chi connectivity index (χ4v) is 1.38. The Morgan fingerprint density at radius 3 is 2.62 bits per heavy atom. The van der Waals surface area contributed by atoms with E-state index in [2.05, 4.69) is 24.5 Å². The molecule has 21 heavy (non-hydrogen) atoms. The second-order valence-electron chi connectivity index (χ2n) is 4.76. The van der Waals surface area contributed by atoms with Crippen LogP contribution in [0.4, 0.5) is 5.69 Å². The van der Waals surface area contributed by atoms with Gasteiger partial charge in [0.15, 0.2) is 0 Å².